The van der Waals surface area contributed by atoms with Crippen molar-refractivity contribution in [2.75, 3.05) is 5.73 Å². The molecule has 0 heterocycles. The zero-order chi connectivity index (χ0) is 15.9. The smallest absolute Gasteiger partial charge is 0.166 e. The number of hydrogen-bond donors (Lipinski definition) is 1. The molecule has 0 saturated carbocycles. The molecule has 3 aromatic rings. The normalized spacial score (nSPS) is 9.57. The molecule has 0 unspecified atom stereocenters. The summed E-state index contributed by atoms with van der Waals surface area (Å²) in [6.07, 6.45) is 2.69. The summed E-state index contributed by atoms with van der Waals surface area (Å²) in [6, 6.07) is 24.3. The van der Waals surface area contributed by atoms with E-state index in [1.165, 1.54) is 0 Å². The number of nitrogens with two attached hydrogens (primary N) is 1. The first-order valence-electron chi connectivity index (χ1n) is 7.17. The Morgan fingerprint density at radius 3 is 2.04 bits per heavy atom. The molecule has 0 aliphatic heterocycles. The maximum atomic E-state index is 6.02. The van der Waals surface area contributed by atoms with Gasteiger partial charge in [-0.05, 0) is 42.3 Å². The van der Waals surface area contributed by atoms with Crippen molar-refractivity contribution in [3.63, 3.8) is 0 Å². The molecular formula is C20H15NO2. The highest BCUT2D eigenvalue weighted by molar-refractivity contribution is 5.62. The minimum Gasteiger partial charge on any atom is -0.454 e. The van der Waals surface area contributed by atoms with E-state index in [9.17, 15) is 0 Å². The first-order valence-corrected chi connectivity index (χ1v) is 7.17. The van der Waals surface area contributed by atoms with E-state index < -0.39 is 0 Å². The van der Waals surface area contributed by atoms with Crippen LogP contribution in [0, 0.1) is 12.0 Å². The van der Waals surface area contributed by atoms with Crippen molar-refractivity contribution >= 4 is 5.69 Å². The van der Waals surface area contributed by atoms with E-state index in [2.05, 4.69) is 12.0 Å². The molecule has 0 saturated heterocycles. The fourth-order valence-corrected chi connectivity index (χ4v) is 2.00. The van der Waals surface area contributed by atoms with E-state index in [0.717, 1.165) is 0 Å². The maximum Gasteiger partial charge on any atom is 0.166 e. The minimum atomic E-state index is 0.528. The van der Waals surface area contributed by atoms with Crippen LogP contribution in [-0.4, -0.2) is 0 Å². The van der Waals surface area contributed by atoms with E-state index in [1.54, 1.807) is 6.07 Å². The van der Waals surface area contributed by atoms with Gasteiger partial charge in [0.2, 0.25) is 0 Å². The monoisotopic (exact) mass is 301 g/mol. The van der Waals surface area contributed by atoms with Gasteiger partial charge in [-0.25, -0.2) is 0 Å². The molecule has 0 aliphatic carbocycles. The summed E-state index contributed by atoms with van der Waals surface area (Å²) >= 11 is 0. The second-order valence-electron chi connectivity index (χ2n) is 4.78. The molecule has 2 N–H and O–H groups in total. The quantitative estimate of drug-likeness (QED) is 0.574. The summed E-state index contributed by atoms with van der Waals surface area (Å²) < 4.78 is 11.3. The third kappa shape index (κ3) is 3.84. The van der Waals surface area contributed by atoms with E-state index >= 15 is 0 Å². The van der Waals surface area contributed by atoms with Gasteiger partial charge in [0.05, 0.1) is 11.3 Å². The number of para-hydroxylation sites is 3. The maximum absolute atomic E-state index is 6.02. The second-order valence-corrected chi connectivity index (χ2v) is 4.78. The zero-order valence-electron chi connectivity index (χ0n) is 12.4. The van der Waals surface area contributed by atoms with Gasteiger partial charge in [-0.15, -0.1) is 0 Å². The topological polar surface area (TPSA) is 44.5 Å². The highest BCUT2D eigenvalue weighted by Gasteiger charge is 2.07. The van der Waals surface area contributed by atoms with E-state index in [1.807, 2.05) is 72.8 Å². The summed E-state index contributed by atoms with van der Waals surface area (Å²) in [4.78, 5) is 0. The predicted molar refractivity (Wildman–Crippen MR) is 91.3 cm³/mol. The first kappa shape index (κ1) is 14.6. The number of benzene rings is 3. The Bertz CT molecular complexity index is 834. The van der Waals surface area contributed by atoms with E-state index in [0.29, 0.717) is 28.5 Å². The van der Waals surface area contributed by atoms with Crippen LogP contribution in [0.5, 0.6) is 17.2 Å². The summed E-state index contributed by atoms with van der Waals surface area (Å²) in [7, 11) is 0. The Kier molecular flexibility index (Phi) is 4.47. The van der Waals surface area contributed by atoms with Crippen molar-refractivity contribution in [3.05, 3.63) is 84.4 Å². The van der Waals surface area contributed by atoms with Gasteiger partial charge in [0.25, 0.3) is 0 Å². The molecule has 0 amide bonds. The Morgan fingerprint density at radius 2 is 1.35 bits per heavy atom. The molecule has 0 radical (unpaired) electrons. The zero-order valence-corrected chi connectivity index (χ0v) is 12.4. The number of nitrogen functional groups attached to an aromatic ring is 1. The molecule has 23 heavy (non-hydrogen) atoms. The van der Waals surface area contributed by atoms with Gasteiger partial charge in [0.15, 0.2) is 5.75 Å². The van der Waals surface area contributed by atoms with E-state index in [-0.39, 0.29) is 0 Å². The Morgan fingerprint density at radius 1 is 0.696 bits per heavy atom. The van der Waals surface area contributed by atoms with Crippen LogP contribution in [0.3, 0.4) is 0 Å². The lowest BCUT2D eigenvalue weighted by Crippen LogP contribution is -1.95. The highest BCUT2D eigenvalue weighted by atomic mass is 16.5. The van der Waals surface area contributed by atoms with Gasteiger partial charge >= 0.3 is 0 Å². The fourth-order valence-electron chi connectivity index (χ4n) is 2.00. The lowest BCUT2D eigenvalue weighted by Gasteiger charge is -2.10. The van der Waals surface area contributed by atoms with Crippen LogP contribution >= 0.6 is 0 Å². The highest BCUT2D eigenvalue weighted by Crippen LogP contribution is 2.30. The van der Waals surface area contributed by atoms with Crippen molar-refractivity contribution < 1.29 is 9.47 Å². The van der Waals surface area contributed by atoms with Gasteiger partial charge in [-0.3, -0.25) is 0 Å². The molecule has 0 fully saturated rings. The van der Waals surface area contributed by atoms with E-state index in [4.69, 9.17) is 15.2 Å². The van der Waals surface area contributed by atoms with Crippen molar-refractivity contribution in [2.45, 2.75) is 0 Å². The molecule has 0 bridgehead atoms. The van der Waals surface area contributed by atoms with Gasteiger partial charge < -0.3 is 15.2 Å². The van der Waals surface area contributed by atoms with Crippen molar-refractivity contribution in [2.24, 2.45) is 0 Å². The van der Waals surface area contributed by atoms with Crippen molar-refractivity contribution in [1.82, 2.24) is 0 Å². The average molecular weight is 301 g/mol. The Hall–Kier alpha value is -3.38. The Labute approximate surface area is 135 Å². The second kappa shape index (κ2) is 7.06. The third-order valence-electron chi connectivity index (χ3n) is 3.11. The number of hydrogen-bond acceptors (Lipinski definition) is 3. The summed E-state index contributed by atoms with van der Waals surface area (Å²) in [6.45, 7) is 0. The minimum absolute atomic E-state index is 0.528. The largest absolute Gasteiger partial charge is 0.454 e. The third-order valence-corrected chi connectivity index (χ3v) is 3.11. The molecule has 0 atom stereocenters. The summed E-state index contributed by atoms with van der Waals surface area (Å²) in [5.74, 6) is 4.87. The molecule has 3 aromatic carbocycles. The van der Waals surface area contributed by atoms with Crippen molar-refractivity contribution in [1.29, 1.82) is 0 Å². The number of ether oxygens (including phenoxy) is 2. The predicted octanol–water partition coefficient (Wildman–Crippen LogP) is 4.45. The van der Waals surface area contributed by atoms with Crippen LogP contribution in [0.15, 0.2) is 78.9 Å². The summed E-state index contributed by atoms with van der Waals surface area (Å²) in [5.41, 5.74) is 7.22. The van der Waals surface area contributed by atoms with Crippen LogP contribution in [0.1, 0.15) is 5.56 Å². The van der Waals surface area contributed by atoms with Crippen LogP contribution in [-0.2, 0) is 0 Å². The standard InChI is InChI=1S/C20H15NO2/c21-19-13-7-8-16(14-15-22-17-9-3-1-4-10-17)20(19)23-18-11-5-2-6-12-18/h1-13H,21H2. The average Bonchev–Trinajstić information content (AvgIpc) is 2.60. The van der Waals surface area contributed by atoms with Crippen LogP contribution in [0.2, 0.25) is 0 Å². The van der Waals surface area contributed by atoms with Crippen molar-refractivity contribution in [3.8, 4) is 29.3 Å². The SMILES string of the molecule is Nc1cccc(C#COc2ccccc2)c1Oc1ccccc1. The number of rotatable bonds is 3. The lowest BCUT2D eigenvalue weighted by molar-refractivity contribution is 0.483. The van der Waals surface area contributed by atoms with Gasteiger partial charge in [-0.1, -0.05) is 42.5 Å². The molecule has 3 rings (SSSR count). The van der Waals surface area contributed by atoms with Crippen LogP contribution in [0.25, 0.3) is 0 Å². The van der Waals surface area contributed by atoms with Gasteiger partial charge in [0, 0.05) is 0 Å². The van der Waals surface area contributed by atoms with Gasteiger partial charge in [0.1, 0.15) is 17.6 Å². The molecule has 0 aromatic heterocycles. The van der Waals surface area contributed by atoms with Crippen LogP contribution in [0.4, 0.5) is 5.69 Å². The molecule has 0 spiro atoms. The first-order chi connectivity index (χ1) is 11.3. The fraction of sp³-hybridized carbons (Fsp3) is 0. The molecule has 3 heteroatoms. The number of anilines is 1. The molecular weight excluding hydrogens is 286 g/mol. The molecule has 0 aliphatic rings. The Balaban J connectivity index is 1.84. The van der Waals surface area contributed by atoms with Gasteiger partial charge in [-0.2, -0.15) is 0 Å². The lowest BCUT2D eigenvalue weighted by atomic mass is 10.2. The van der Waals surface area contributed by atoms with Crippen LogP contribution < -0.4 is 15.2 Å². The molecule has 112 valence electrons. The molecule has 3 nitrogen and oxygen atoms in total. The summed E-state index contributed by atoms with van der Waals surface area (Å²) in [5, 5.41) is 0.